The minimum absolute atomic E-state index is 0.0536. The number of imidazole rings is 1. The van der Waals surface area contributed by atoms with Gasteiger partial charge in [-0.3, -0.25) is 9.48 Å². The van der Waals surface area contributed by atoms with Gasteiger partial charge in [-0.15, -0.1) is 0 Å². The molecular weight excluding hydrogens is 314 g/mol. The van der Waals surface area contributed by atoms with E-state index in [-0.39, 0.29) is 11.9 Å². The van der Waals surface area contributed by atoms with Crippen molar-refractivity contribution in [1.82, 2.24) is 25.1 Å². The number of amides is 1. The van der Waals surface area contributed by atoms with E-state index in [2.05, 4.69) is 34.2 Å². The molecule has 2 atom stereocenters. The van der Waals surface area contributed by atoms with Gasteiger partial charge in [-0.25, -0.2) is 4.98 Å². The quantitative estimate of drug-likeness (QED) is 0.660. The Hall–Kier alpha value is -2.63. The molecule has 3 rings (SSSR count). The minimum atomic E-state index is -0.102. The number of rotatable bonds is 8. The van der Waals surface area contributed by atoms with Gasteiger partial charge >= 0.3 is 0 Å². The first-order valence-corrected chi connectivity index (χ1v) is 8.88. The van der Waals surface area contributed by atoms with Gasteiger partial charge in [0.25, 0.3) is 0 Å². The second kappa shape index (κ2) is 7.96. The zero-order valence-electron chi connectivity index (χ0n) is 14.8. The number of carbonyl (C=O) groups excluding carboxylic acids is 1. The molecule has 0 saturated carbocycles. The van der Waals surface area contributed by atoms with Crippen molar-refractivity contribution in [1.29, 1.82) is 0 Å². The molecular formula is C19H25N5O. The smallest absolute Gasteiger partial charge is 0.220 e. The normalized spacial score (nSPS) is 13.7. The van der Waals surface area contributed by atoms with Crippen molar-refractivity contribution in [3.8, 4) is 0 Å². The third-order valence-electron chi connectivity index (χ3n) is 4.58. The number of aromatic amines is 1. The van der Waals surface area contributed by atoms with Crippen molar-refractivity contribution in [2.45, 2.75) is 45.7 Å². The first kappa shape index (κ1) is 17.2. The molecule has 2 heterocycles. The van der Waals surface area contributed by atoms with E-state index in [1.165, 1.54) is 0 Å². The summed E-state index contributed by atoms with van der Waals surface area (Å²) in [6, 6.07) is 9.73. The van der Waals surface area contributed by atoms with Gasteiger partial charge in [-0.1, -0.05) is 32.4 Å². The number of hydrogen-bond acceptors (Lipinski definition) is 3. The number of carbonyl (C=O) groups is 1. The van der Waals surface area contributed by atoms with Gasteiger partial charge in [0.1, 0.15) is 5.82 Å². The number of para-hydroxylation sites is 2. The van der Waals surface area contributed by atoms with Crippen LogP contribution in [0.25, 0.3) is 11.0 Å². The van der Waals surface area contributed by atoms with Gasteiger partial charge in [-0.05, 0) is 30.5 Å². The molecule has 6 heteroatoms. The van der Waals surface area contributed by atoms with Crippen LogP contribution in [0.3, 0.4) is 0 Å². The van der Waals surface area contributed by atoms with Crippen LogP contribution in [0.1, 0.15) is 45.0 Å². The summed E-state index contributed by atoms with van der Waals surface area (Å²) in [4.78, 5) is 20.4. The van der Waals surface area contributed by atoms with Crippen molar-refractivity contribution in [2.75, 3.05) is 0 Å². The largest absolute Gasteiger partial charge is 0.346 e. The topological polar surface area (TPSA) is 75.6 Å². The van der Waals surface area contributed by atoms with E-state index in [0.717, 1.165) is 36.2 Å². The van der Waals surface area contributed by atoms with Gasteiger partial charge in [0.05, 0.1) is 17.1 Å². The Kier molecular flexibility index (Phi) is 5.48. The molecule has 3 aromatic rings. The molecule has 25 heavy (non-hydrogen) atoms. The average Bonchev–Trinajstić information content (AvgIpc) is 3.28. The second-order valence-electron chi connectivity index (χ2n) is 6.44. The molecule has 0 spiro atoms. The van der Waals surface area contributed by atoms with Crippen LogP contribution in [0.5, 0.6) is 0 Å². The Labute approximate surface area is 147 Å². The molecule has 0 unspecified atom stereocenters. The maximum Gasteiger partial charge on any atom is 0.220 e. The summed E-state index contributed by atoms with van der Waals surface area (Å²) in [7, 11) is 0. The average molecular weight is 339 g/mol. The highest BCUT2D eigenvalue weighted by Gasteiger charge is 2.23. The van der Waals surface area contributed by atoms with Crippen molar-refractivity contribution < 1.29 is 4.79 Å². The zero-order valence-corrected chi connectivity index (χ0v) is 14.8. The molecule has 1 aromatic carbocycles. The summed E-state index contributed by atoms with van der Waals surface area (Å²) < 4.78 is 1.85. The van der Waals surface area contributed by atoms with E-state index in [1.807, 2.05) is 41.2 Å². The van der Waals surface area contributed by atoms with E-state index < -0.39 is 0 Å². The van der Waals surface area contributed by atoms with Crippen LogP contribution in [0.2, 0.25) is 0 Å². The number of nitrogens with one attached hydrogen (secondary N) is 2. The van der Waals surface area contributed by atoms with Gasteiger partial charge in [-0.2, -0.15) is 5.10 Å². The Balaban J connectivity index is 1.64. The van der Waals surface area contributed by atoms with Gasteiger partial charge < -0.3 is 10.3 Å². The maximum absolute atomic E-state index is 12.4. The molecule has 0 bridgehead atoms. The Bertz CT molecular complexity index is 775. The van der Waals surface area contributed by atoms with Crippen molar-refractivity contribution in [2.24, 2.45) is 5.92 Å². The molecule has 0 aliphatic carbocycles. The van der Waals surface area contributed by atoms with Crippen LogP contribution in [0, 0.1) is 5.92 Å². The molecule has 132 valence electrons. The van der Waals surface area contributed by atoms with E-state index in [1.54, 1.807) is 6.20 Å². The van der Waals surface area contributed by atoms with E-state index in [9.17, 15) is 4.79 Å². The molecule has 0 aliphatic heterocycles. The SMILES string of the molecule is CC[C@H](C)[C@H](NC(=O)CCCn1cccn1)c1nc2ccccc2[nH]1. The predicted octanol–water partition coefficient (Wildman–Crippen LogP) is 3.44. The fourth-order valence-corrected chi connectivity index (χ4v) is 2.92. The van der Waals surface area contributed by atoms with E-state index >= 15 is 0 Å². The third-order valence-corrected chi connectivity index (χ3v) is 4.58. The lowest BCUT2D eigenvalue weighted by molar-refractivity contribution is -0.122. The van der Waals surface area contributed by atoms with Crippen LogP contribution in [-0.4, -0.2) is 25.7 Å². The van der Waals surface area contributed by atoms with E-state index in [4.69, 9.17) is 0 Å². The van der Waals surface area contributed by atoms with Crippen LogP contribution in [0.4, 0.5) is 0 Å². The first-order valence-electron chi connectivity index (χ1n) is 8.88. The number of aromatic nitrogens is 4. The lowest BCUT2D eigenvalue weighted by atomic mass is 9.98. The molecule has 1 amide bonds. The summed E-state index contributed by atoms with van der Waals surface area (Å²) in [5.41, 5.74) is 1.93. The van der Waals surface area contributed by atoms with Crippen LogP contribution in [-0.2, 0) is 11.3 Å². The van der Waals surface area contributed by atoms with Crippen LogP contribution in [0.15, 0.2) is 42.7 Å². The molecule has 0 radical (unpaired) electrons. The Morgan fingerprint density at radius 2 is 2.16 bits per heavy atom. The summed E-state index contributed by atoms with van der Waals surface area (Å²) in [5, 5.41) is 7.32. The summed E-state index contributed by atoms with van der Waals surface area (Å²) >= 11 is 0. The number of nitrogens with zero attached hydrogens (tertiary/aromatic N) is 3. The number of fused-ring (bicyclic) bond motifs is 1. The van der Waals surface area contributed by atoms with Gasteiger partial charge in [0.15, 0.2) is 0 Å². The second-order valence-corrected chi connectivity index (χ2v) is 6.44. The lowest BCUT2D eigenvalue weighted by Crippen LogP contribution is -2.33. The standard InChI is InChI=1S/C19H25N5O/c1-3-14(2)18(19-21-15-8-4-5-9-16(15)22-19)23-17(25)10-6-12-24-13-7-11-20-24/h4-5,7-9,11,13-14,18H,3,6,10,12H2,1-2H3,(H,21,22)(H,23,25)/t14-,18-/m0/s1. The highest BCUT2D eigenvalue weighted by molar-refractivity contribution is 5.77. The van der Waals surface area contributed by atoms with Crippen molar-refractivity contribution in [3.63, 3.8) is 0 Å². The summed E-state index contributed by atoms with van der Waals surface area (Å²) in [5.74, 6) is 1.18. The monoisotopic (exact) mass is 339 g/mol. The van der Waals surface area contributed by atoms with Gasteiger partial charge in [0, 0.05) is 25.4 Å². The molecule has 0 fully saturated rings. The summed E-state index contributed by atoms with van der Waals surface area (Å²) in [6.07, 6.45) is 5.87. The number of benzene rings is 1. The molecule has 0 aliphatic rings. The lowest BCUT2D eigenvalue weighted by Gasteiger charge is -2.22. The van der Waals surface area contributed by atoms with E-state index in [0.29, 0.717) is 12.3 Å². The zero-order chi connectivity index (χ0) is 17.6. The van der Waals surface area contributed by atoms with Crippen LogP contribution >= 0.6 is 0 Å². The molecule has 6 nitrogen and oxygen atoms in total. The Morgan fingerprint density at radius 1 is 1.32 bits per heavy atom. The number of hydrogen-bond donors (Lipinski definition) is 2. The third kappa shape index (κ3) is 4.26. The highest BCUT2D eigenvalue weighted by Crippen LogP contribution is 2.24. The highest BCUT2D eigenvalue weighted by atomic mass is 16.1. The summed E-state index contributed by atoms with van der Waals surface area (Å²) in [6.45, 7) is 5.02. The number of aryl methyl sites for hydroxylation is 1. The van der Waals surface area contributed by atoms with Crippen LogP contribution < -0.4 is 5.32 Å². The number of H-pyrrole nitrogens is 1. The van der Waals surface area contributed by atoms with Crippen molar-refractivity contribution in [3.05, 3.63) is 48.5 Å². The fraction of sp³-hybridized carbons (Fsp3) is 0.421. The predicted molar refractivity (Wildman–Crippen MR) is 97.9 cm³/mol. The molecule has 2 aromatic heterocycles. The fourth-order valence-electron chi connectivity index (χ4n) is 2.92. The molecule has 0 saturated heterocycles. The maximum atomic E-state index is 12.4. The van der Waals surface area contributed by atoms with Gasteiger partial charge in [0.2, 0.25) is 5.91 Å². The van der Waals surface area contributed by atoms with Crippen molar-refractivity contribution >= 4 is 16.9 Å². The molecule has 2 N–H and O–H groups in total. The first-order chi connectivity index (χ1) is 12.2. The minimum Gasteiger partial charge on any atom is -0.346 e. The Morgan fingerprint density at radius 3 is 2.88 bits per heavy atom.